The first kappa shape index (κ1) is 25.7. The summed E-state index contributed by atoms with van der Waals surface area (Å²) in [5.74, 6) is -1.73. The average molecular weight is 518 g/mol. The van der Waals surface area contributed by atoms with E-state index in [0.29, 0.717) is 31.7 Å². The van der Waals surface area contributed by atoms with Crippen molar-refractivity contribution in [2.45, 2.75) is 87.1 Å². The molecule has 3 unspecified atom stereocenters. The second-order valence-corrected chi connectivity index (χ2v) is 10.7. The van der Waals surface area contributed by atoms with E-state index in [1.54, 1.807) is 0 Å². The van der Waals surface area contributed by atoms with Crippen LogP contribution in [0.25, 0.3) is 0 Å². The molecule has 5 rings (SSSR count). The number of amides is 2. The third-order valence-corrected chi connectivity index (χ3v) is 8.19. The fourth-order valence-electron chi connectivity index (χ4n) is 6.09. The maximum absolute atomic E-state index is 14.8. The van der Waals surface area contributed by atoms with Gasteiger partial charge in [-0.15, -0.1) is 0 Å². The van der Waals surface area contributed by atoms with Gasteiger partial charge < -0.3 is 16.0 Å². The summed E-state index contributed by atoms with van der Waals surface area (Å²) in [7, 11) is 0. The number of nitrogens with zero attached hydrogens (tertiary/aromatic N) is 1. The molecule has 198 valence electrons. The zero-order valence-corrected chi connectivity index (χ0v) is 20.4. The lowest BCUT2D eigenvalue weighted by atomic mass is 9.92. The van der Waals surface area contributed by atoms with Crippen molar-refractivity contribution in [2.24, 2.45) is 5.73 Å². The van der Waals surface area contributed by atoms with E-state index in [1.807, 2.05) is 35.2 Å². The standard InChI is InChI=1S/C28H31F4N3O2/c29-23-14-18(28(30,31)32)7-10-22(23)27(12-13-27)26(37)34-24(11-6-17-4-2-1-3-5-17)25(36)35-20-8-9-21(35)16-19(33)15-20/h1-5,7,10,14,19-21,24H,6,8-9,11-13,15-16,33H2,(H,34,37). The quantitative estimate of drug-likeness (QED) is 0.532. The molecule has 2 saturated heterocycles. The zero-order chi connectivity index (χ0) is 26.4. The molecule has 0 spiro atoms. The molecule has 1 saturated carbocycles. The Morgan fingerprint density at radius 1 is 1.05 bits per heavy atom. The van der Waals surface area contributed by atoms with E-state index < -0.39 is 34.9 Å². The first-order valence-corrected chi connectivity index (χ1v) is 12.9. The summed E-state index contributed by atoms with van der Waals surface area (Å²) in [5.41, 5.74) is 4.78. The van der Waals surface area contributed by atoms with Crippen molar-refractivity contribution in [3.8, 4) is 0 Å². The number of fused-ring (bicyclic) bond motifs is 2. The molecule has 1 aliphatic carbocycles. The molecule has 2 bridgehead atoms. The van der Waals surface area contributed by atoms with Crippen LogP contribution in [-0.4, -0.2) is 40.9 Å². The van der Waals surface area contributed by atoms with E-state index >= 15 is 0 Å². The maximum atomic E-state index is 14.8. The van der Waals surface area contributed by atoms with E-state index in [1.165, 1.54) is 0 Å². The fourth-order valence-corrected chi connectivity index (χ4v) is 6.09. The molecule has 2 aliphatic heterocycles. The summed E-state index contributed by atoms with van der Waals surface area (Å²) < 4.78 is 53.9. The molecule has 9 heteroatoms. The average Bonchev–Trinajstić information content (AvgIpc) is 3.61. The van der Waals surface area contributed by atoms with E-state index in [9.17, 15) is 27.2 Å². The number of hydrogen-bond donors (Lipinski definition) is 2. The van der Waals surface area contributed by atoms with Crippen LogP contribution in [0.5, 0.6) is 0 Å². The smallest absolute Gasteiger partial charge is 0.344 e. The molecule has 37 heavy (non-hydrogen) atoms. The van der Waals surface area contributed by atoms with Gasteiger partial charge in [-0.1, -0.05) is 36.4 Å². The normalized spacial score (nSPS) is 25.0. The molecular formula is C28H31F4N3O2. The van der Waals surface area contributed by atoms with Crippen LogP contribution in [-0.2, 0) is 27.6 Å². The van der Waals surface area contributed by atoms with Gasteiger partial charge in [-0.3, -0.25) is 9.59 Å². The van der Waals surface area contributed by atoms with E-state index in [4.69, 9.17) is 5.73 Å². The number of benzene rings is 2. The molecule has 3 N–H and O–H groups in total. The van der Waals surface area contributed by atoms with Gasteiger partial charge in [0.25, 0.3) is 0 Å². The Morgan fingerprint density at radius 3 is 2.27 bits per heavy atom. The lowest BCUT2D eigenvalue weighted by Crippen LogP contribution is -2.57. The number of hydrogen-bond acceptors (Lipinski definition) is 3. The first-order chi connectivity index (χ1) is 17.6. The summed E-state index contributed by atoms with van der Waals surface area (Å²) >= 11 is 0. The number of carbonyl (C=O) groups is 2. The van der Waals surface area contributed by atoms with Crippen LogP contribution in [0, 0.1) is 5.82 Å². The largest absolute Gasteiger partial charge is 0.416 e. The van der Waals surface area contributed by atoms with Crippen LogP contribution >= 0.6 is 0 Å². The number of alkyl halides is 3. The highest BCUT2D eigenvalue weighted by Crippen LogP contribution is 2.50. The SMILES string of the molecule is NC1CC2CCC(C1)N2C(=O)C(CCc1ccccc1)NC(=O)C1(c2ccc(C(F)(F)F)cc2F)CC1. The number of aryl methyl sites for hydroxylation is 1. The van der Waals surface area contributed by atoms with Crippen LogP contribution in [0.3, 0.4) is 0 Å². The monoisotopic (exact) mass is 517 g/mol. The van der Waals surface area contributed by atoms with E-state index in [0.717, 1.165) is 43.4 Å². The van der Waals surface area contributed by atoms with E-state index in [-0.39, 0.29) is 29.6 Å². The molecule has 0 radical (unpaired) electrons. The van der Waals surface area contributed by atoms with Crippen molar-refractivity contribution in [2.75, 3.05) is 0 Å². The number of carbonyl (C=O) groups excluding carboxylic acids is 2. The van der Waals surface area contributed by atoms with Gasteiger partial charge >= 0.3 is 6.18 Å². The van der Waals surface area contributed by atoms with Crippen molar-refractivity contribution >= 4 is 11.8 Å². The van der Waals surface area contributed by atoms with Crippen LogP contribution in [0.4, 0.5) is 17.6 Å². The Morgan fingerprint density at radius 2 is 1.70 bits per heavy atom. The highest BCUT2D eigenvalue weighted by atomic mass is 19.4. The van der Waals surface area contributed by atoms with Gasteiger partial charge in [-0.05, 0) is 69.1 Å². The molecule has 5 nitrogen and oxygen atoms in total. The van der Waals surface area contributed by atoms with E-state index in [2.05, 4.69) is 5.32 Å². The number of halogens is 4. The van der Waals surface area contributed by atoms with Gasteiger partial charge in [-0.2, -0.15) is 13.2 Å². The van der Waals surface area contributed by atoms with Crippen molar-refractivity contribution in [1.82, 2.24) is 10.2 Å². The number of nitrogens with one attached hydrogen (secondary N) is 1. The molecule has 3 fully saturated rings. The highest BCUT2D eigenvalue weighted by Gasteiger charge is 2.54. The Balaban J connectivity index is 1.37. The predicted molar refractivity (Wildman–Crippen MR) is 130 cm³/mol. The lowest BCUT2D eigenvalue weighted by Gasteiger charge is -2.40. The third kappa shape index (κ3) is 5.10. The Labute approximate surface area is 213 Å². The molecule has 2 heterocycles. The highest BCUT2D eigenvalue weighted by molar-refractivity contribution is 5.95. The molecule has 2 amide bonds. The number of piperidine rings is 1. The van der Waals surface area contributed by atoms with Crippen molar-refractivity contribution in [3.05, 3.63) is 71.0 Å². The van der Waals surface area contributed by atoms with Gasteiger partial charge in [0, 0.05) is 23.7 Å². The Kier molecular flexibility index (Phi) is 6.77. The topological polar surface area (TPSA) is 75.4 Å². The summed E-state index contributed by atoms with van der Waals surface area (Å²) in [5, 5.41) is 2.89. The lowest BCUT2D eigenvalue weighted by molar-refractivity contribution is -0.141. The van der Waals surface area contributed by atoms with Gasteiger partial charge in [0.1, 0.15) is 11.9 Å². The van der Waals surface area contributed by atoms with Crippen molar-refractivity contribution < 1.29 is 27.2 Å². The second-order valence-electron chi connectivity index (χ2n) is 10.7. The molecule has 3 aliphatic rings. The van der Waals surface area contributed by atoms with Crippen molar-refractivity contribution in [3.63, 3.8) is 0 Å². The molecule has 2 aromatic rings. The maximum Gasteiger partial charge on any atom is 0.416 e. The molecular weight excluding hydrogens is 486 g/mol. The third-order valence-electron chi connectivity index (χ3n) is 8.19. The number of rotatable bonds is 7. The van der Waals surface area contributed by atoms with Crippen LogP contribution in [0.2, 0.25) is 0 Å². The van der Waals surface area contributed by atoms with Gasteiger partial charge in [0.2, 0.25) is 11.8 Å². The van der Waals surface area contributed by atoms with Crippen LogP contribution < -0.4 is 11.1 Å². The van der Waals surface area contributed by atoms with Gasteiger partial charge in [0.15, 0.2) is 0 Å². The summed E-state index contributed by atoms with van der Waals surface area (Å²) in [6, 6.07) is 11.2. The summed E-state index contributed by atoms with van der Waals surface area (Å²) in [4.78, 5) is 29.2. The molecule has 0 aromatic heterocycles. The zero-order valence-electron chi connectivity index (χ0n) is 20.4. The molecule has 2 aromatic carbocycles. The summed E-state index contributed by atoms with van der Waals surface area (Å²) in [6.45, 7) is 0. The Hall–Kier alpha value is -2.94. The molecule has 3 atom stereocenters. The van der Waals surface area contributed by atoms with Gasteiger partial charge in [-0.25, -0.2) is 4.39 Å². The minimum absolute atomic E-state index is 0.0413. The minimum Gasteiger partial charge on any atom is -0.344 e. The second kappa shape index (κ2) is 9.74. The number of nitrogens with two attached hydrogens (primary N) is 1. The predicted octanol–water partition coefficient (Wildman–Crippen LogP) is 4.47. The van der Waals surface area contributed by atoms with Crippen LogP contribution in [0.15, 0.2) is 48.5 Å². The fraction of sp³-hybridized carbons (Fsp3) is 0.500. The Bertz CT molecular complexity index is 1150. The summed E-state index contributed by atoms with van der Waals surface area (Å²) in [6.07, 6.45) is 0.0710. The van der Waals surface area contributed by atoms with Crippen LogP contribution in [0.1, 0.15) is 61.6 Å². The minimum atomic E-state index is -4.68. The van der Waals surface area contributed by atoms with Crippen molar-refractivity contribution in [1.29, 1.82) is 0 Å². The first-order valence-electron chi connectivity index (χ1n) is 12.9. The van der Waals surface area contributed by atoms with Gasteiger partial charge in [0.05, 0.1) is 11.0 Å².